The van der Waals surface area contributed by atoms with Crippen LogP contribution in [0, 0.1) is 12.7 Å². The van der Waals surface area contributed by atoms with Crippen molar-refractivity contribution >= 4 is 23.2 Å². The van der Waals surface area contributed by atoms with Gasteiger partial charge in [-0.3, -0.25) is 4.98 Å². The van der Waals surface area contributed by atoms with Crippen molar-refractivity contribution < 1.29 is 4.39 Å². The molecule has 94 valence electrons. The highest BCUT2D eigenvalue weighted by molar-refractivity contribution is 6.34. The van der Waals surface area contributed by atoms with E-state index in [2.05, 4.69) is 4.98 Å². The van der Waals surface area contributed by atoms with Crippen LogP contribution in [0.3, 0.4) is 0 Å². The van der Waals surface area contributed by atoms with Gasteiger partial charge in [0.15, 0.2) is 0 Å². The lowest BCUT2D eigenvalue weighted by molar-refractivity contribution is 0.596. The van der Waals surface area contributed by atoms with Gasteiger partial charge in [-0.2, -0.15) is 0 Å². The zero-order valence-corrected chi connectivity index (χ0v) is 11.1. The molecular weight excluding hydrogens is 274 g/mol. The SMILES string of the molecule is Cc1ccc(F)c(C(N)c2ncc(Cl)cc2Cl)c1. The van der Waals surface area contributed by atoms with Crippen molar-refractivity contribution in [3.05, 3.63) is 63.1 Å². The Kier molecular flexibility index (Phi) is 3.85. The summed E-state index contributed by atoms with van der Waals surface area (Å²) in [6.07, 6.45) is 1.44. The number of hydrogen-bond donors (Lipinski definition) is 1. The van der Waals surface area contributed by atoms with Gasteiger partial charge in [-0.15, -0.1) is 0 Å². The first kappa shape index (κ1) is 13.3. The average Bonchev–Trinajstić information content (AvgIpc) is 2.31. The van der Waals surface area contributed by atoms with Gasteiger partial charge >= 0.3 is 0 Å². The lowest BCUT2D eigenvalue weighted by atomic mass is 10.0. The van der Waals surface area contributed by atoms with E-state index in [-0.39, 0.29) is 5.82 Å². The lowest BCUT2D eigenvalue weighted by Crippen LogP contribution is -2.16. The summed E-state index contributed by atoms with van der Waals surface area (Å²) in [6.45, 7) is 1.87. The van der Waals surface area contributed by atoms with Crippen LogP contribution in [0.15, 0.2) is 30.5 Å². The van der Waals surface area contributed by atoms with Crippen molar-refractivity contribution in [1.29, 1.82) is 0 Å². The van der Waals surface area contributed by atoms with Gasteiger partial charge in [-0.1, -0.05) is 40.9 Å². The van der Waals surface area contributed by atoms with Crippen molar-refractivity contribution in [1.82, 2.24) is 4.98 Å². The number of halogens is 3. The van der Waals surface area contributed by atoms with Gasteiger partial charge in [-0.25, -0.2) is 4.39 Å². The molecule has 0 aliphatic heterocycles. The molecule has 1 heterocycles. The van der Waals surface area contributed by atoms with E-state index in [0.717, 1.165) is 5.56 Å². The third-order valence-corrected chi connectivity index (χ3v) is 3.13. The summed E-state index contributed by atoms with van der Waals surface area (Å²) in [5.41, 5.74) is 7.71. The van der Waals surface area contributed by atoms with Crippen molar-refractivity contribution in [3.8, 4) is 0 Å². The molecule has 1 aromatic heterocycles. The lowest BCUT2D eigenvalue weighted by Gasteiger charge is -2.14. The van der Waals surface area contributed by atoms with Crippen LogP contribution in [0.2, 0.25) is 10.0 Å². The van der Waals surface area contributed by atoms with Gasteiger partial charge in [0.2, 0.25) is 0 Å². The van der Waals surface area contributed by atoms with Gasteiger partial charge < -0.3 is 5.73 Å². The summed E-state index contributed by atoms with van der Waals surface area (Å²) in [7, 11) is 0. The van der Waals surface area contributed by atoms with E-state index >= 15 is 0 Å². The molecule has 2 N–H and O–H groups in total. The van der Waals surface area contributed by atoms with Crippen LogP contribution in [0.1, 0.15) is 22.9 Å². The Bertz CT molecular complexity index is 587. The van der Waals surface area contributed by atoms with Gasteiger partial charge in [-0.05, 0) is 19.1 Å². The zero-order valence-electron chi connectivity index (χ0n) is 9.62. The van der Waals surface area contributed by atoms with E-state index in [1.807, 2.05) is 6.92 Å². The smallest absolute Gasteiger partial charge is 0.128 e. The molecule has 0 radical (unpaired) electrons. The van der Waals surface area contributed by atoms with Crippen LogP contribution in [-0.4, -0.2) is 4.98 Å². The maximum Gasteiger partial charge on any atom is 0.128 e. The number of pyridine rings is 1. The normalized spacial score (nSPS) is 12.5. The first-order valence-electron chi connectivity index (χ1n) is 5.31. The fourth-order valence-corrected chi connectivity index (χ4v) is 2.20. The van der Waals surface area contributed by atoms with E-state index in [0.29, 0.717) is 21.3 Å². The Balaban J connectivity index is 2.47. The van der Waals surface area contributed by atoms with Crippen LogP contribution in [0.25, 0.3) is 0 Å². The Hall–Kier alpha value is -1.16. The molecule has 2 aromatic rings. The number of rotatable bonds is 2. The number of nitrogens with two attached hydrogens (primary N) is 1. The summed E-state index contributed by atoms with van der Waals surface area (Å²) in [5, 5.41) is 0.747. The molecule has 1 atom stereocenters. The molecule has 0 fully saturated rings. The van der Waals surface area contributed by atoms with Gasteiger partial charge in [0.1, 0.15) is 5.82 Å². The summed E-state index contributed by atoms with van der Waals surface area (Å²) in [4.78, 5) is 4.07. The third kappa shape index (κ3) is 2.64. The van der Waals surface area contributed by atoms with E-state index in [9.17, 15) is 4.39 Å². The highest BCUT2D eigenvalue weighted by Gasteiger charge is 2.18. The van der Waals surface area contributed by atoms with E-state index in [4.69, 9.17) is 28.9 Å². The predicted octanol–water partition coefficient (Wildman–Crippen LogP) is 3.88. The van der Waals surface area contributed by atoms with E-state index in [1.54, 1.807) is 18.2 Å². The number of aryl methyl sites for hydroxylation is 1. The van der Waals surface area contributed by atoms with Crippen molar-refractivity contribution in [2.75, 3.05) is 0 Å². The van der Waals surface area contributed by atoms with Crippen molar-refractivity contribution in [2.45, 2.75) is 13.0 Å². The molecule has 1 aromatic carbocycles. The molecule has 18 heavy (non-hydrogen) atoms. The Morgan fingerprint density at radius 3 is 2.67 bits per heavy atom. The highest BCUT2D eigenvalue weighted by Crippen LogP contribution is 2.28. The monoisotopic (exact) mass is 284 g/mol. The molecule has 0 saturated carbocycles. The molecule has 0 bridgehead atoms. The fraction of sp³-hybridized carbons (Fsp3) is 0.154. The number of aromatic nitrogens is 1. The van der Waals surface area contributed by atoms with Crippen molar-refractivity contribution in [2.24, 2.45) is 5.73 Å². The minimum atomic E-state index is -0.713. The molecule has 0 spiro atoms. The Morgan fingerprint density at radius 1 is 1.28 bits per heavy atom. The third-order valence-electron chi connectivity index (χ3n) is 2.62. The van der Waals surface area contributed by atoms with Crippen LogP contribution in [0.5, 0.6) is 0 Å². The summed E-state index contributed by atoms with van der Waals surface area (Å²) < 4.78 is 13.7. The van der Waals surface area contributed by atoms with Gasteiger partial charge in [0, 0.05) is 11.8 Å². The van der Waals surface area contributed by atoms with E-state index < -0.39 is 6.04 Å². The standard InChI is InChI=1S/C13H11Cl2FN2/c1-7-2-3-11(16)9(4-7)12(17)13-10(15)5-8(14)6-18-13/h2-6,12H,17H2,1H3. The minimum Gasteiger partial charge on any atom is -0.319 e. The average molecular weight is 285 g/mol. The molecule has 2 nitrogen and oxygen atoms in total. The first-order chi connectivity index (χ1) is 8.49. The molecule has 2 rings (SSSR count). The topological polar surface area (TPSA) is 38.9 Å². The first-order valence-corrected chi connectivity index (χ1v) is 6.07. The fourth-order valence-electron chi connectivity index (χ4n) is 1.70. The molecule has 5 heteroatoms. The summed E-state index contributed by atoms with van der Waals surface area (Å²) in [5.74, 6) is -0.374. The number of hydrogen-bond acceptors (Lipinski definition) is 2. The quantitative estimate of drug-likeness (QED) is 0.909. The van der Waals surface area contributed by atoms with Crippen LogP contribution < -0.4 is 5.73 Å². The maximum absolute atomic E-state index is 13.7. The number of nitrogens with zero attached hydrogens (tertiary/aromatic N) is 1. The van der Waals surface area contributed by atoms with Crippen LogP contribution in [-0.2, 0) is 0 Å². The van der Waals surface area contributed by atoms with Crippen LogP contribution in [0.4, 0.5) is 4.39 Å². The predicted molar refractivity (Wildman–Crippen MR) is 71.4 cm³/mol. The molecule has 0 aliphatic carbocycles. The Morgan fingerprint density at radius 2 is 2.00 bits per heavy atom. The Labute approximate surface area is 115 Å². The highest BCUT2D eigenvalue weighted by atomic mass is 35.5. The van der Waals surface area contributed by atoms with Gasteiger partial charge in [0.25, 0.3) is 0 Å². The number of benzene rings is 1. The summed E-state index contributed by atoms with van der Waals surface area (Å²) in [6, 6.07) is 5.58. The zero-order chi connectivity index (χ0) is 13.3. The minimum absolute atomic E-state index is 0.330. The largest absolute Gasteiger partial charge is 0.319 e. The van der Waals surface area contributed by atoms with E-state index in [1.165, 1.54) is 12.3 Å². The molecule has 0 saturated heterocycles. The molecule has 0 amide bonds. The second-order valence-electron chi connectivity index (χ2n) is 4.02. The molecule has 0 aliphatic rings. The van der Waals surface area contributed by atoms with Crippen molar-refractivity contribution in [3.63, 3.8) is 0 Å². The second kappa shape index (κ2) is 5.22. The molecular formula is C13H11Cl2FN2. The van der Waals surface area contributed by atoms with Crippen LogP contribution >= 0.6 is 23.2 Å². The second-order valence-corrected chi connectivity index (χ2v) is 4.87. The molecule has 1 unspecified atom stereocenters. The summed E-state index contributed by atoms with van der Waals surface area (Å²) >= 11 is 11.8. The maximum atomic E-state index is 13.7. The van der Waals surface area contributed by atoms with Gasteiger partial charge in [0.05, 0.1) is 21.8 Å².